The van der Waals surface area contributed by atoms with Gasteiger partial charge in [-0.1, -0.05) is 42.5 Å². The van der Waals surface area contributed by atoms with Crippen molar-refractivity contribution in [1.29, 1.82) is 0 Å². The fourth-order valence-corrected chi connectivity index (χ4v) is 3.93. The predicted octanol–water partition coefficient (Wildman–Crippen LogP) is 3.96. The van der Waals surface area contributed by atoms with Crippen molar-refractivity contribution < 1.29 is 28.5 Å². The fourth-order valence-electron chi connectivity index (χ4n) is 3.93. The zero-order valence-corrected chi connectivity index (χ0v) is 18.5. The Morgan fingerprint density at radius 2 is 1.76 bits per heavy atom. The quantitative estimate of drug-likeness (QED) is 0.520. The Balaban J connectivity index is 1.33. The van der Waals surface area contributed by atoms with Crippen LogP contribution in [0.1, 0.15) is 33.9 Å². The first-order valence-electron chi connectivity index (χ1n) is 10.8. The summed E-state index contributed by atoms with van der Waals surface area (Å²) < 4.78 is 21.1. The lowest BCUT2D eigenvalue weighted by molar-refractivity contribution is -0.136. The minimum absolute atomic E-state index is 0.107. The van der Waals surface area contributed by atoms with Crippen LogP contribution in [0.15, 0.2) is 77.9 Å². The zero-order chi connectivity index (χ0) is 23.5. The summed E-state index contributed by atoms with van der Waals surface area (Å²) in [6.45, 7) is -0.332. The van der Waals surface area contributed by atoms with E-state index in [1.807, 2.05) is 54.6 Å². The molecular weight excluding hydrogens is 436 g/mol. The maximum Gasteiger partial charge on any atom is 0.338 e. The Labute approximate surface area is 196 Å². The van der Waals surface area contributed by atoms with Crippen molar-refractivity contribution in [3.63, 3.8) is 0 Å². The number of nitrogens with zero attached hydrogens (tertiary/aromatic N) is 2. The van der Waals surface area contributed by atoms with Gasteiger partial charge < -0.3 is 18.9 Å². The molecule has 0 N–H and O–H groups in total. The highest BCUT2D eigenvalue weighted by molar-refractivity contribution is 6.03. The fraction of sp³-hybridized carbons (Fsp3) is 0.192. The average molecular weight is 458 g/mol. The van der Waals surface area contributed by atoms with Crippen LogP contribution < -0.4 is 14.2 Å². The van der Waals surface area contributed by atoms with Crippen LogP contribution in [-0.2, 0) is 9.53 Å². The first-order chi connectivity index (χ1) is 16.6. The Morgan fingerprint density at radius 3 is 2.53 bits per heavy atom. The molecule has 0 bridgehead atoms. The highest BCUT2D eigenvalue weighted by atomic mass is 16.7. The number of rotatable bonds is 6. The normalized spacial score (nSPS) is 16.2. The number of amides is 1. The van der Waals surface area contributed by atoms with E-state index in [9.17, 15) is 9.59 Å². The van der Waals surface area contributed by atoms with Gasteiger partial charge in [-0.25, -0.2) is 9.80 Å². The van der Waals surface area contributed by atoms with Crippen LogP contribution in [0, 0.1) is 0 Å². The second kappa shape index (κ2) is 9.27. The van der Waals surface area contributed by atoms with E-state index in [4.69, 9.17) is 18.9 Å². The highest BCUT2D eigenvalue weighted by Crippen LogP contribution is 2.34. The molecule has 0 spiro atoms. The van der Waals surface area contributed by atoms with E-state index >= 15 is 0 Å². The summed E-state index contributed by atoms with van der Waals surface area (Å²) in [7, 11) is 1.60. The lowest BCUT2D eigenvalue weighted by Crippen LogP contribution is -2.31. The topological polar surface area (TPSA) is 86.7 Å². The van der Waals surface area contributed by atoms with Gasteiger partial charge in [0.15, 0.2) is 18.1 Å². The maximum atomic E-state index is 13.1. The van der Waals surface area contributed by atoms with Gasteiger partial charge in [0.2, 0.25) is 6.79 Å². The molecule has 3 aromatic rings. The number of methoxy groups -OCH3 is 1. The highest BCUT2D eigenvalue weighted by Gasteiger charge is 2.33. The number of hydrogen-bond donors (Lipinski definition) is 0. The lowest BCUT2D eigenvalue weighted by atomic mass is 9.98. The van der Waals surface area contributed by atoms with E-state index in [0.29, 0.717) is 17.9 Å². The minimum atomic E-state index is -0.626. The zero-order valence-electron chi connectivity index (χ0n) is 18.5. The third-order valence-corrected chi connectivity index (χ3v) is 5.71. The standard InChI is InChI=1S/C26H22N2O6/c1-31-20-10-7-18(8-11-20)22-14-21(17-5-3-2-4-6-17)27-28(22)25(29)15-32-26(30)19-9-12-23-24(13-19)34-16-33-23/h2-13,22H,14-16H2,1H3/t22-/m0/s1. The van der Waals surface area contributed by atoms with Gasteiger partial charge in [0.1, 0.15) is 5.75 Å². The molecule has 0 aliphatic carbocycles. The first kappa shape index (κ1) is 21.5. The van der Waals surface area contributed by atoms with Crippen molar-refractivity contribution in [1.82, 2.24) is 5.01 Å². The molecule has 3 aromatic carbocycles. The molecule has 0 aromatic heterocycles. The summed E-state index contributed by atoms with van der Waals surface area (Å²) in [5.41, 5.74) is 2.91. The number of carbonyl (C=O) groups is 2. The molecule has 2 heterocycles. The Bertz CT molecular complexity index is 1240. The third kappa shape index (κ3) is 4.30. The average Bonchev–Trinajstić information content (AvgIpc) is 3.55. The molecule has 8 nitrogen and oxygen atoms in total. The summed E-state index contributed by atoms with van der Waals surface area (Å²) >= 11 is 0. The number of esters is 1. The van der Waals surface area contributed by atoms with Crippen molar-refractivity contribution in [2.45, 2.75) is 12.5 Å². The predicted molar refractivity (Wildman–Crippen MR) is 123 cm³/mol. The van der Waals surface area contributed by atoms with E-state index in [1.165, 1.54) is 11.1 Å². The van der Waals surface area contributed by atoms with Crippen LogP contribution in [0.3, 0.4) is 0 Å². The Kier molecular flexibility index (Phi) is 5.86. The summed E-state index contributed by atoms with van der Waals surface area (Å²) in [6, 6.07) is 21.6. The van der Waals surface area contributed by atoms with Crippen LogP contribution >= 0.6 is 0 Å². The molecule has 0 saturated heterocycles. The summed E-state index contributed by atoms with van der Waals surface area (Å²) in [4.78, 5) is 25.7. The molecule has 0 saturated carbocycles. The van der Waals surface area contributed by atoms with Crippen molar-refractivity contribution in [3.8, 4) is 17.2 Å². The third-order valence-electron chi connectivity index (χ3n) is 5.71. The number of hydrazone groups is 1. The molecule has 34 heavy (non-hydrogen) atoms. The second-order valence-corrected chi connectivity index (χ2v) is 7.79. The van der Waals surface area contributed by atoms with Crippen molar-refractivity contribution in [3.05, 3.63) is 89.5 Å². The maximum absolute atomic E-state index is 13.1. The Morgan fingerprint density at radius 1 is 1.00 bits per heavy atom. The molecular formula is C26H22N2O6. The van der Waals surface area contributed by atoms with Gasteiger partial charge in [-0.15, -0.1) is 0 Å². The van der Waals surface area contributed by atoms with Gasteiger partial charge in [-0.3, -0.25) is 4.79 Å². The number of carbonyl (C=O) groups excluding carboxylic acids is 2. The number of benzene rings is 3. The van der Waals surface area contributed by atoms with Gasteiger partial charge in [-0.2, -0.15) is 5.10 Å². The molecule has 0 unspecified atom stereocenters. The van der Waals surface area contributed by atoms with Crippen molar-refractivity contribution in [2.75, 3.05) is 20.5 Å². The monoisotopic (exact) mass is 458 g/mol. The van der Waals surface area contributed by atoms with E-state index in [-0.39, 0.29) is 18.4 Å². The lowest BCUT2D eigenvalue weighted by Gasteiger charge is -2.22. The molecule has 2 aliphatic rings. The smallest absolute Gasteiger partial charge is 0.338 e. The van der Waals surface area contributed by atoms with E-state index in [0.717, 1.165) is 22.6 Å². The largest absolute Gasteiger partial charge is 0.497 e. The number of hydrogen-bond acceptors (Lipinski definition) is 7. The molecule has 172 valence electrons. The molecule has 1 amide bonds. The molecule has 8 heteroatoms. The molecule has 2 aliphatic heterocycles. The van der Waals surface area contributed by atoms with E-state index < -0.39 is 18.5 Å². The Hall–Kier alpha value is -4.33. The molecule has 0 radical (unpaired) electrons. The van der Waals surface area contributed by atoms with Crippen molar-refractivity contribution in [2.24, 2.45) is 5.10 Å². The summed E-state index contributed by atoms with van der Waals surface area (Å²) in [6.07, 6.45) is 0.540. The van der Waals surface area contributed by atoms with Crippen molar-refractivity contribution >= 4 is 17.6 Å². The summed E-state index contributed by atoms with van der Waals surface area (Å²) in [5.74, 6) is 0.716. The SMILES string of the molecule is COc1ccc([C@@H]2CC(c3ccccc3)=NN2C(=O)COC(=O)c2ccc3c(c2)OCO3)cc1. The summed E-state index contributed by atoms with van der Waals surface area (Å²) in [5, 5.41) is 6.00. The second-order valence-electron chi connectivity index (χ2n) is 7.79. The van der Waals surface area contributed by atoms with Crippen LogP contribution in [0.2, 0.25) is 0 Å². The van der Waals surface area contributed by atoms with Crippen LogP contribution in [0.25, 0.3) is 0 Å². The van der Waals surface area contributed by atoms with Gasteiger partial charge in [-0.05, 0) is 41.5 Å². The molecule has 5 rings (SSSR count). The van der Waals surface area contributed by atoms with Crippen LogP contribution in [-0.4, -0.2) is 43.1 Å². The minimum Gasteiger partial charge on any atom is -0.497 e. The number of ether oxygens (including phenoxy) is 4. The van der Waals surface area contributed by atoms with Gasteiger partial charge in [0.05, 0.1) is 24.4 Å². The van der Waals surface area contributed by atoms with Gasteiger partial charge >= 0.3 is 5.97 Å². The first-order valence-corrected chi connectivity index (χ1v) is 10.8. The molecule has 0 fully saturated rings. The van der Waals surface area contributed by atoms with Gasteiger partial charge in [0.25, 0.3) is 5.91 Å². The molecule has 1 atom stereocenters. The van der Waals surface area contributed by atoms with E-state index in [2.05, 4.69) is 5.10 Å². The van der Waals surface area contributed by atoms with E-state index in [1.54, 1.807) is 19.2 Å². The van der Waals surface area contributed by atoms with Crippen LogP contribution in [0.5, 0.6) is 17.2 Å². The van der Waals surface area contributed by atoms with Crippen LogP contribution in [0.4, 0.5) is 0 Å². The number of fused-ring (bicyclic) bond motifs is 1. The van der Waals surface area contributed by atoms with Gasteiger partial charge in [0, 0.05) is 6.42 Å².